The zero-order chi connectivity index (χ0) is 11.1. The molecule has 1 aliphatic carbocycles. The van der Waals surface area contributed by atoms with Gasteiger partial charge in [0.15, 0.2) is 0 Å². The van der Waals surface area contributed by atoms with Crippen molar-refractivity contribution >= 4 is 0 Å². The van der Waals surface area contributed by atoms with Gasteiger partial charge in [0.25, 0.3) is 0 Å². The Hall–Kier alpha value is -0.500. The lowest BCUT2D eigenvalue weighted by molar-refractivity contribution is 0.0417. The zero-order valence-electron chi connectivity index (χ0n) is 10.3. The molecule has 0 aromatic heterocycles. The minimum Gasteiger partial charge on any atom is -0.370 e. The van der Waals surface area contributed by atoms with E-state index in [0.29, 0.717) is 11.6 Å². The van der Waals surface area contributed by atoms with Crippen LogP contribution in [-0.2, 0) is 0 Å². The predicted molar refractivity (Wildman–Crippen MR) is 64.8 cm³/mol. The molecular weight excluding hydrogens is 184 g/mol. The summed E-state index contributed by atoms with van der Waals surface area (Å²) in [5.41, 5.74) is 1.76. The molecule has 1 N–H and O–H groups in total. The molecule has 0 unspecified atom stereocenters. The van der Waals surface area contributed by atoms with Crippen molar-refractivity contribution in [2.45, 2.75) is 64.1 Å². The highest BCUT2D eigenvalue weighted by Crippen LogP contribution is 2.42. The molecule has 0 bridgehead atoms. The van der Waals surface area contributed by atoms with Crippen molar-refractivity contribution in [3.8, 4) is 0 Å². The fourth-order valence-corrected chi connectivity index (χ4v) is 3.20. The van der Waals surface area contributed by atoms with E-state index in [4.69, 9.17) is 0 Å². The average Bonchev–Trinajstić information content (AvgIpc) is 2.47. The van der Waals surface area contributed by atoms with Crippen LogP contribution in [0.25, 0.3) is 0 Å². The zero-order valence-corrected chi connectivity index (χ0v) is 10.3. The van der Waals surface area contributed by atoms with E-state index in [9.17, 15) is 0 Å². The van der Waals surface area contributed by atoms with Crippen molar-refractivity contribution in [1.29, 1.82) is 0 Å². The van der Waals surface area contributed by atoms with E-state index in [1.807, 2.05) is 0 Å². The normalized spacial score (nSPS) is 36.1. The van der Waals surface area contributed by atoms with Gasteiger partial charge in [0.05, 0.1) is 0 Å². The number of rotatable bonds is 3. The van der Waals surface area contributed by atoms with Gasteiger partial charge in [-0.2, -0.15) is 0 Å². The van der Waals surface area contributed by atoms with Gasteiger partial charge in [0.1, 0.15) is 0 Å². The number of nitrogens with one attached hydrogen (secondary N) is 1. The van der Waals surface area contributed by atoms with Gasteiger partial charge in [0.2, 0.25) is 0 Å². The Balaban J connectivity index is 1.87. The summed E-state index contributed by atoms with van der Waals surface area (Å²) in [6.45, 7) is 12.2. The van der Waals surface area contributed by atoms with Crippen molar-refractivity contribution in [3.63, 3.8) is 0 Å². The van der Waals surface area contributed by atoms with Crippen LogP contribution >= 0.6 is 0 Å². The predicted octanol–water partition coefficient (Wildman–Crippen LogP) is 2.52. The molecule has 2 rings (SSSR count). The van der Waals surface area contributed by atoms with Gasteiger partial charge in [-0.15, -0.1) is 0 Å². The molecule has 2 fully saturated rings. The van der Waals surface area contributed by atoms with Crippen LogP contribution in [0.2, 0.25) is 0 Å². The summed E-state index contributed by atoms with van der Waals surface area (Å²) < 4.78 is 0. The SMILES string of the molecule is C=C1CCCN1[C@]1(C)C[C@@H](NC(C)C)C1. The molecule has 2 heteroatoms. The Morgan fingerprint density at radius 3 is 2.60 bits per heavy atom. The molecule has 2 nitrogen and oxygen atoms in total. The number of hydrogen-bond donors (Lipinski definition) is 1. The van der Waals surface area contributed by atoms with Crippen molar-refractivity contribution in [1.82, 2.24) is 10.2 Å². The van der Waals surface area contributed by atoms with E-state index in [1.165, 1.54) is 37.9 Å². The molecule has 0 amide bonds. The highest BCUT2D eigenvalue weighted by Gasteiger charge is 2.45. The van der Waals surface area contributed by atoms with Gasteiger partial charge in [-0.3, -0.25) is 0 Å². The molecule has 1 heterocycles. The molecule has 1 saturated carbocycles. The molecule has 86 valence electrons. The van der Waals surface area contributed by atoms with Crippen molar-refractivity contribution < 1.29 is 0 Å². The molecule has 2 aliphatic rings. The van der Waals surface area contributed by atoms with Crippen LogP contribution in [0, 0.1) is 0 Å². The van der Waals surface area contributed by atoms with Crippen LogP contribution in [0.3, 0.4) is 0 Å². The highest BCUT2D eigenvalue weighted by molar-refractivity contribution is 5.13. The van der Waals surface area contributed by atoms with Gasteiger partial charge in [-0.1, -0.05) is 20.4 Å². The third-order valence-corrected chi connectivity index (χ3v) is 3.82. The number of allylic oxidation sites excluding steroid dienone is 1. The molecule has 0 radical (unpaired) electrons. The van der Waals surface area contributed by atoms with E-state index in [0.717, 1.165) is 6.04 Å². The van der Waals surface area contributed by atoms with E-state index >= 15 is 0 Å². The maximum atomic E-state index is 4.18. The van der Waals surface area contributed by atoms with Gasteiger partial charge < -0.3 is 10.2 Å². The Bertz CT molecular complexity index is 251. The standard InChI is InChI=1S/C13H24N2/c1-10(2)14-12-8-13(4,9-12)15-7-5-6-11(15)3/h10,12,14H,3,5-9H2,1-2,4H3/t12-,13-. The Morgan fingerprint density at radius 2 is 2.13 bits per heavy atom. The van der Waals surface area contributed by atoms with Crippen LogP contribution in [-0.4, -0.2) is 29.1 Å². The van der Waals surface area contributed by atoms with Gasteiger partial charge in [0, 0.05) is 29.9 Å². The molecule has 0 aromatic rings. The van der Waals surface area contributed by atoms with Crippen LogP contribution in [0.5, 0.6) is 0 Å². The second kappa shape index (κ2) is 3.82. The summed E-state index contributed by atoms with van der Waals surface area (Å²) in [6.07, 6.45) is 5.07. The molecule has 0 aromatic carbocycles. The van der Waals surface area contributed by atoms with E-state index in [1.54, 1.807) is 0 Å². The minimum absolute atomic E-state index is 0.403. The fourth-order valence-electron chi connectivity index (χ4n) is 3.20. The smallest absolute Gasteiger partial charge is 0.0400 e. The third-order valence-electron chi connectivity index (χ3n) is 3.82. The van der Waals surface area contributed by atoms with E-state index in [-0.39, 0.29) is 0 Å². The van der Waals surface area contributed by atoms with Crippen molar-refractivity contribution in [3.05, 3.63) is 12.3 Å². The Labute approximate surface area is 93.7 Å². The molecule has 1 saturated heterocycles. The minimum atomic E-state index is 0.403. The van der Waals surface area contributed by atoms with E-state index < -0.39 is 0 Å². The van der Waals surface area contributed by atoms with Crippen molar-refractivity contribution in [2.75, 3.05) is 6.54 Å². The third kappa shape index (κ3) is 2.05. The summed E-state index contributed by atoms with van der Waals surface area (Å²) in [5.74, 6) is 0. The van der Waals surface area contributed by atoms with Gasteiger partial charge >= 0.3 is 0 Å². The largest absolute Gasteiger partial charge is 0.370 e. The van der Waals surface area contributed by atoms with Gasteiger partial charge in [-0.05, 0) is 32.6 Å². The Morgan fingerprint density at radius 1 is 1.47 bits per heavy atom. The summed E-state index contributed by atoms with van der Waals surface area (Å²) in [7, 11) is 0. The number of likely N-dealkylation sites (tertiary alicyclic amines) is 1. The first kappa shape index (κ1) is 11.0. The van der Waals surface area contributed by atoms with Crippen molar-refractivity contribution in [2.24, 2.45) is 0 Å². The molecule has 1 aliphatic heterocycles. The lowest BCUT2D eigenvalue weighted by atomic mass is 9.72. The fraction of sp³-hybridized carbons (Fsp3) is 0.846. The number of nitrogens with zero attached hydrogens (tertiary/aromatic N) is 1. The summed E-state index contributed by atoms with van der Waals surface area (Å²) in [4.78, 5) is 2.55. The summed E-state index contributed by atoms with van der Waals surface area (Å²) in [6, 6.07) is 1.34. The molecular formula is C13H24N2. The van der Waals surface area contributed by atoms with Gasteiger partial charge in [-0.25, -0.2) is 0 Å². The first-order valence-electron chi connectivity index (χ1n) is 6.23. The Kier molecular flexibility index (Phi) is 2.80. The molecule has 15 heavy (non-hydrogen) atoms. The lowest BCUT2D eigenvalue weighted by Crippen LogP contribution is -2.60. The maximum absolute atomic E-state index is 4.18. The number of hydrogen-bond acceptors (Lipinski definition) is 2. The molecule has 0 spiro atoms. The topological polar surface area (TPSA) is 15.3 Å². The van der Waals surface area contributed by atoms with Crippen LogP contribution in [0.1, 0.15) is 46.5 Å². The van der Waals surface area contributed by atoms with Crippen LogP contribution < -0.4 is 5.32 Å². The first-order chi connectivity index (χ1) is 7.01. The summed E-state index contributed by atoms with van der Waals surface area (Å²) >= 11 is 0. The lowest BCUT2D eigenvalue weighted by Gasteiger charge is -2.53. The quantitative estimate of drug-likeness (QED) is 0.766. The average molecular weight is 208 g/mol. The maximum Gasteiger partial charge on any atom is 0.0400 e. The highest BCUT2D eigenvalue weighted by atomic mass is 15.2. The molecule has 0 atom stereocenters. The first-order valence-corrected chi connectivity index (χ1v) is 6.23. The second-order valence-electron chi connectivity index (χ2n) is 5.74. The van der Waals surface area contributed by atoms with Crippen LogP contribution in [0.4, 0.5) is 0 Å². The van der Waals surface area contributed by atoms with E-state index in [2.05, 4.69) is 37.6 Å². The summed E-state index contributed by atoms with van der Waals surface area (Å²) in [5, 5.41) is 3.62. The second-order valence-corrected chi connectivity index (χ2v) is 5.74. The monoisotopic (exact) mass is 208 g/mol. The van der Waals surface area contributed by atoms with Crippen LogP contribution in [0.15, 0.2) is 12.3 Å².